The predicted octanol–water partition coefficient (Wildman–Crippen LogP) is 5.13. The first-order chi connectivity index (χ1) is 17.5. The van der Waals surface area contributed by atoms with Gasteiger partial charge in [-0.1, -0.05) is 12.0 Å². The molecular weight excluding hydrogens is 485 g/mol. The lowest BCUT2D eigenvalue weighted by Crippen LogP contribution is -2.23. The van der Waals surface area contributed by atoms with Crippen molar-refractivity contribution in [2.75, 3.05) is 44.9 Å². The zero-order valence-corrected chi connectivity index (χ0v) is 21.2. The number of anilines is 2. The highest BCUT2D eigenvalue weighted by atomic mass is 19.4. The average Bonchev–Trinajstić information content (AvgIpc) is 3.17. The lowest BCUT2D eigenvalue weighted by molar-refractivity contribution is -0.140. The molecule has 0 saturated heterocycles. The Hall–Kier alpha value is -3.84. The Morgan fingerprint density at radius 2 is 1.95 bits per heavy atom. The number of hydrogen-bond donors (Lipinski definition) is 3. The van der Waals surface area contributed by atoms with Crippen LogP contribution in [0.5, 0.6) is 5.75 Å². The third-order valence-electron chi connectivity index (χ3n) is 5.73. The summed E-state index contributed by atoms with van der Waals surface area (Å²) in [4.78, 5) is 13.2. The Labute approximate surface area is 214 Å². The van der Waals surface area contributed by atoms with Crippen LogP contribution >= 0.6 is 0 Å². The van der Waals surface area contributed by atoms with Gasteiger partial charge in [-0.25, -0.2) is 4.79 Å². The van der Waals surface area contributed by atoms with Crippen molar-refractivity contribution >= 4 is 28.2 Å². The maximum Gasteiger partial charge on any atom is 0.406 e. The number of carbonyl (C=O) groups is 1. The summed E-state index contributed by atoms with van der Waals surface area (Å²) in [5.41, 5.74) is 2.05. The molecule has 3 rings (SSSR count). The molecule has 1 unspecified atom stereocenters. The Morgan fingerprint density at radius 1 is 1.19 bits per heavy atom. The zero-order chi connectivity index (χ0) is 27.2. The van der Waals surface area contributed by atoms with Gasteiger partial charge in [0.1, 0.15) is 12.3 Å². The number of halogens is 3. The first-order valence-electron chi connectivity index (χ1n) is 11.7. The van der Waals surface area contributed by atoms with Gasteiger partial charge in [-0.3, -0.25) is 0 Å². The van der Waals surface area contributed by atoms with Crippen LogP contribution in [0.4, 0.5) is 24.5 Å². The summed E-state index contributed by atoms with van der Waals surface area (Å²) in [6.45, 7) is 1.88. The number of nitrogens with zero attached hydrogens (tertiary/aromatic N) is 2. The maximum absolute atomic E-state index is 13.4. The van der Waals surface area contributed by atoms with Crippen molar-refractivity contribution < 1.29 is 27.8 Å². The van der Waals surface area contributed by atoms with E-state index in [-0.39, 0.29) is 23.8 Å². The number of carboxylic acids is 1. The molecule has 37 heavy (non-hydrogen) atoms. The lowest BCUT2D eigenvalue weighted by Gasteiger charge is -2.18. The van der Waals surface area contributed by atoms with E-state index in [0.717, 1.165) is 18.7 Å². The molecule has 1 aromatic heterocycles. The molecule has 7 nitrogen and oxygen atoms in total. The Bertz CT molecular complexity index is 1310. The van der Waals surface area contributed by atoms with Gasteiger partial charge in [-0.05, 0) is 76.3 Å². The van der Waals surface area contributed by atoms with Crippen LogP contribution in [0.1, 0.15) is 29.4 Å². The largest absolute Gasteiger partial charge is 0.495 e. The maximum atomic E-state index is 13.4. The standard InChI is InChI=1S/C27H31F3N4O3/c1-18(12-14-33(2)3)32-22-8-5-9-24-21(22)16-20(34(24)17-27(28,29)30)7-6-13-31-23-11-10-19(26(35)36)15-25(23)37-4/h5,8-11,15-16,18,31-32H,12-14,17H2,1-4H3,(H,35,36). The molecule has 0 radical (unpaired) electrons. The lowest BCUT2D eigenvalue weighted by atomic mass is 10.1. The highest BCUT2D eigenvalue weighted by Crippen LogP contribution is 2.31. The second-order valence-corrected chi connectivity index (χ2v) is 8.98. The van der Waals surface area contributed by atoms with Crippen LogP contribution in [0, 0.1) is 11.8 Å². The molecule has 0 amide bonds. The summed E-state index contributed by atoms with van der Waals surface area (Å²) in [6, 6.07) is 11.4. The van der Waals surface area contributed by atoms with Crippen LogP contribution in [0.2, 0.25) is 0 Å². The molecule has 0 aliphatic carbocycles. The number of methoxy groups -OCH3 is 1. The van der Waals surface area contributed by atoms with Crippen molar-refractivity contribution in [2.24, 2.45) is 0 Å². The van der Waals surface area contributed by atoms with E-state index in [9.17, 15) is 18.0 Å². The normalized spacial score (nSPS) is 12.2. The van der Waals surface area contributed by atoms with E-state index >= 15 is 0 Å². The Morgan fingerprint density at radius 3 is 2.59 bits per heavy atom. The minimum absolute atomic E-state index is 0.0746. The molecule has 3 N–H and O–H groups in total. The molecule has 2 aromatic carbocycles. The van der Waals surface area contributed by atoms with E-state index in [2.05, 4.69) is 27.4 Å². The smallest absolute Gasteiger partial charge is 0.406 e. The fourth-order valence-electron chi connectivity index (χ4n) is 3.90. The van der Waals surface area contributed by atoms with Crippen LogP contribution in [0.3, 0.4) is 0 Å². The van der Waals surface area contributed by atoms with Crippen molar-refractivity contribution in [1.29, 1.82) is 0 Å². The topological polar surface area (TPSA) is 78.8 Å². The van der Waals surface area contributed by atoms with E-state index in [1.54, 1.807) is 24.3 Å². The van der Waals surface area contributed by atoms with Crippen LogP contribution < -0.4 is 15.4 Å². The van der Waals surface area contributed by atoms with E-state index in [1.807, 2.05) is 27.1 Å². The van der Waals surface area contributed by atoms with Gasteiger partial charge in [0, 0.05) is 17.1 Å². The Balaban J connectivity index is 1.87. The molecule has 198 valence electrons. The van der Waals surface area contributed by atoms with Crippen LogP contribution in [0.25, 0.3) is 10.9 Å². The molecule has 10 heteroatoms. The van der Waals surface area contributed by atoms with E-state index in [1.165, 1.54) is 23.8 Å². The van der Waals surface area contributed by atoms with E-state index in [0.29, 0.717) is 22.3 Å². The number of alkyl halides is 3. The fourth-order valence-corrected chi connectivity index (χ4v) is 3.90. The number of carboxylic acid groups (broad SMARTS) is 1. The number of aromatic carboxylic acids is 1. The second kappa shape index (κ2) is 11.9. The van der Waals surface area contributed by atoms with Gasteiger partial charge in [0.05, 0.1) is 36.1 Å². The van der Waals surface area contributed by atoms with Gasteiger partial charge < -0.3 is 29.9 Å². The number of rotatable bonds is 10. The third kappa shape index (κ3) is 7.57. The number of benzene rings is 2. The monoisotopic (exact) mass is 516 g/mol. The summed E-state index contributed by atoms with van der Waals surface area (Å²) >= 11 is 0. The minimum Gasteiger partial charge on any atom is -0.495 e. The minimum atomic E-state index is -4.41. The van der Waals surface area contributed by atoms with E-state index < -0.39 is 18.7 Å². The van der Waals surface area contributed by atoms with Crippen molar-refractivity contribution in [3.63, 3.8) is 0 Å². The number of ether oxygens (including phenoxy) is 1. The summed E-state index contributed by atoms with van der Waals surface area (Å²) in [6.07, 6.45) is -3.54. The highest BCUT2D eigenvalue weighted by molar-refractivity contribution is 5.94. The molecule has 1 atom stereocenters. The molecule has 0 bridgehead atoms. The number of aromatic nitrogens is 1. The second-order valence-electron chi connectivity index (χ2n) is 8.98. The molecule has 3 aromatic rings. The predicted molar refractivity (Wildman–Crippen MR) is 140 cm³/mol. The number of nitrogens with one attached hydrogen (secondary N) is 2. The van der Waals surface area contributed by atoms with Gasteiger partial charge in [-0.15, -0.1) is 0 Å². The van der Waals surface area contributed by atoms with Crippen LogP contribution in [0.15, 0.2) is 42.5 Å². The average molecular weight is 517 g/mol. The van der Waals surface area contributed by atoms with Gasteiger partial charge in [0.25, 0.3) is 0 Å². The summed E-state index contributed by atoms with van der Waals surface area (Å²) in [5, 5.41) is 16.2. The van der Waals surface area contributed by atoms with Gasteiger partial charge in [-0.2, -0.15) is 13.2 Å². The summed E-state index contributed by atoms with van der Waals surface area (Å²) < 4.78 is 46.7. The van der Waals surface area contributed by atoms with Crippen LogP contribution in [-0.2, 0) is 6.54 Å². The van der Waals surface area contributed by atoms with Crippen molar-refractivity contribution in [1.82, 2.24) is 9.47 Å². The van der Waals surface area contributed by atoms with Crippen molar-refractivity contribution in [3.8, 4) is 17.6 Å². The van der Waals surface area contributed by atoms with Gasteiger partial charge in [0.15, 0.2) is 0 Å². The molecule has 0 aliphatic rings. The first-order valence-corrected chi connectivity index (χ1v) is 11.7. The summed E-state index contributed by atoms with van der Waals surface area (Å²) in [7, 11) is 5.40. The van der Waals surface area contributed by atoms with E-state index in [4.69, 9.17) is 9.84 Å². The zero-order valence-electron chi connectivity index (χ0n) is 21.2. The highest BCUT2D eigenvalue weighted by Gasteiger charge is 2.30. The summed E-state index contributed by atoms with van der Waals surface area (Å²) in [5.74, 6) is 4.98. The molecular formula is C27H31F3N4O3. The van der Waals surface area contributed by atoms with Crippen molar-refractivity contribution in [3.05, 3.63) is 53.7 Å². The SMILES string of the molecule is COc1cc(C(=O)O)ccc1NCC#Cc1cc2c(NC(C)CCN(C)C)cccc2n1CC(F)(F)F. The fraction of sp³-hybridized carbons (Fsp3) is 0.370. The molecule has 0 aliphatic heterocycles. The van der Waals surface area contributed by atoms with Crippen molar-refractivity contribution in [2.45, 2.75) is 32.1 Å². The van der Waals surface area contributed by atoms with Gasteiger partial charge >= 0.3 is 12.1 Å². The Kier molecular flexibility index (Phi) is 8.95. The quantitative estimate of drug-likeness (QED) is 0.325. The molecule has 0 fully saturated rings. The third-order valence-corrected chi connectivity index (χ3v) is 5.73. The molecule has 1 heterocycles. The first kappa shape index (κ1) is 27.7. The van der Waals surface area contributed by atoms with Crippen LogP contribution in [-0.4, -0.2) is 67.1 Å². The number of hydrogen-bond acceptors (Lipinski definition) is 5. The molecule has 0 spiro atoms. The number of fused-ring (bicyclic) bond motifs is 1. The molecule has 0 saturated carbocycles. The van der Waals surface area contributed by atoms with Gasteiger partial charge in [0.2, 0.25) is 0 Å².